The average Bonchev–Trinajstić information content (AvgIpc) is 2.69. The Morgan fingerprint density at radius 3 is 3.05 bits per heavy atom. The van der Waals surface area contributed by atoms with E-state index >= 15 is 0 Å². The Morgan fingerprint density at radius 2 is 2.37 bits per heavy atom. The zero-order valence-electron chi connectivity index (χ0n) is 10.5. The number of nitrogens with zero attached hydrogens (tertiary/aromatic N) is 3. The number of aliphatic carboxylic acids is 1. The van der Waals surface area contributed by atoms with E-state index in [9.17, 15) is 4.79 Å². The lowest BCUT2D eigenvalue weighted by molar-refractivity contribution is -0.133. The molecule has 2 aromatic rings. The van der Waals surface area contributed by atoms with E-state index in [2.05, 4.69) is 14.5 Å². The number of aromatic nitrogens is 3. The Balaban J connectivity index is 1.93. The molecular weight excluding hydrogens is 262 g/mol. The molecule has 0 radical (unpaired) electrons. The fourth-order valence-electron chi connectivity index (χ4n) is 2.27. The van der Waals surface area contributed by atoms with Crippen LogP contribution in [0.2, 0.25) is 0 Å². The molecule has 0 atom stereocenters. The molecule has 0 aromatic carbocycles. The van der Waals surface area contributed by atoms with Crippen LogP contribution in [0.1, 0.15) is 19.3 Å². The highest BCUT2D eigenvalue weighted by atomic mass is 32.2. The average molecular weight is 277 g/mol. The summed E-state index contributed by atoms with van der Waals surface area (Å²) in [5.41, 5.74) is 1.71. The van der Waals surface area contributed by atoms with E-state index < -0.39 is 5.97 Å². The number of pyridine rings is 1. The summed E-state index contributed by atoms with van der Waals surface area (Å²) in [6.45, 7) is 0.898. The molecule has 0 saturated heterocycles. The molecule has 0 amide bonds. The normalized spacial score (nSPS) is 15.6. The molecule has 1 aliphatic carbocycles. The van der Waals surface area contributed by atoms with Crippen molar-refractivity contribution in [3.63, 3.8) is 0 Å². The van der Waals surface area contributed by atoms with Crippen LogP contribution in [0.25, 0.3) is 11.2 Å². The van der Waals surface area contributed by atoms with Crippen LogP contribution in [0.3, 0.4) is 0 Å². The summed E-state index contributed by atoms with van der Waals surface area (Å²) >= 11 is 1.27. The highest BCUT2D eigenvalue weighted by Crippen LogP contribution is 2.31. The van der Waals surface area contributed by atoms with Crippen molar-refractivity contribution in [2.45, 2.75) is 31.0 Å². The largest absolute Gasteiger partial charge is 0.481 e. The zero-order valence-corrected chi connectivity index (χ0v) is 11.3. The van der Waals surface area contributed by atoms with Crippen molar-refractivity contribution in [3.8, 4) is 0 Å². The van der Waals surface area contributed by atoms with Crippen LogP contribution in [0.5, 0.6) is 0 Å². The number of hydrogen-bond donors (Lipinski definition) is 1. The van der Waals surface area contributed by atoms with Gasteiger partial charge in [-0.25, -0.2) is 9.97 Å². The van der Waals surface area contributed by atoms with Crippen molar-refractivity contribution in [1.82, 2.24) is 14.5 Å². The highest BCUT2D eigenvalue weighted by molar-refractivity contribution is 7.99. The van der Waals surface area contributed by atoms with Gasteiger partial charge in [0, 0.05) is 12.7 Å². The highest BCUT2D eigenvalue weighted by Gasteiger charge is 2.21. The monoisotopic (exact) mass is 277 g/mol. The van der Waals surface area contributed by atoms with Crippen LogP contribution in [0.4, 0.5) is 0 Å². The maximum absolute atomic E-state index is 10.7. The third-order valence-corrected chi connectivity index (χ3v) is 4.42. The van der Waals surface area contributed by atoms with Gasteiger partial charge >= 0.3 is 5.97 Å². The van der Waals surface area contributed by atoms with Gasteiger partial charge in [-0.1, -0.05) is 18.2 Å². The summed E-state index contributed by atoms with van der Waals surface area (Å²) in [7, 11) is 0. The van der Waals surface area contributed by atoms with Gasteiger partial charge in [0.25, 0.3) is 0 Å². The minimum absolute atomic E-state index is 0.0357. The quantitative estimate of drug-likeness (QED) is 0.850. The van der Waals surface area contributed by atoms with Crippen molar-refractivity contribution in [3.05, 3.63) is 18.3 Å². The minimum Gasteiger partial charge on any atom is -0.481 e. The number of thioether (sulfide) groups is 1. The number of carboxylic acids is 1. The summed E-state index contributed by atoms with van der Waals surface area (Å²) in [6, 6.07) is 3.78. The third-order valence-electron chi connectivity index (χ3n) is 3.46. The van der Waals surface area contributed by atoms with Crippen LogP contribution in [0.15, 0.2) is 23.5 Å². The van der Waals surface area contributed by atoms with Gasteiger partial charge in [0.05, 0.1) is 5.75 Å². The standard InChI is InChI=1S/C13H15N3O2S/c17-11(18)8-19-13-15-10-5-2-6-14-12(10)16(13)7-9-3-1-4-9/h2,5-6,9H,1,3-4,7-8H2,(H,17,18). The van der Waals surface area contributed by atoms with Crippen molar-refractivity contribution in [2.24, 2.45) is 5.92 Å². The third kappa shape index (κ3) is 2.58. The Kier molecular flexibility index (Phi) is 3.42. The molecular formula is C13H15N3O2S. The number of carboxylic acid groups (broad SMARTS) is 1. The topological polar surface area (TPSA) is 68.0 Å². The lowest BCUT2D eigenvalue weighted by atomic mass is 9.85. The Bertz CT molecular complexity index is 607. The number of carbonyl (C=O) groups is 1. The molecule has 1 aliphatic rings. The van der Waals surface area contributed by atoms with E-state index in [1.807, 2.05) is 12.1 Å². The summed E-state index contributed by atoms with van der Waals surface area (Å²) in [4.78, 5) is 19.6. The first-order valence-electron chi connectivity index (χ1n) is 6.40. The van der Waals surface area contributed by atoms with Gasteiger partial charge in [-0.2, -0.15) is 0 Å². The first-order valence-corrected chi connectivity index (χ1v) is 7.38. The van der Waals surface area contributed by atoms with Crippen molar-refractivity contribution < 1.29 is 9.90 Å². The van der Waals surface area contributed by atoms with Crippen molar-refractivity contribution in [2.75, 3.05) is 5.75 Å². The summed E-state index contributed by atoms with van der Waals surface area (Å²) in [5.74, 6) is -0.0997. The molecule has 0 aliphatic heterocycles. The van der Waals surface area contributed by atoms with Crippen molar-refractivity contribution >= 4 is 28.9 Å². The molecule has 5 nitrogen and oxygen atoms in total. The second kappa shape index (κ2) is 5.21. The molecule has 2 aromatic heterocycles. The molecule has 1 saturated carbocycles. The van der Waals surface area contributed by atoms with E-state index in [-0.39, 0.29) is 5.75 Å². The molecule has 1 N–H and O–H groups in total. The molecule has 100 valence electrons. The van der Waals surface area contributed by atoms with E-state index in [1.165, 1.54) is 31.0 Å². The predicted octanol–water partition coefficient (Wildman–Crippen LogP) is 2.41. The lowest BCUT2D eigenvalue weighted by Crippen LogP contribution is -2.19. The number of rotatable bonds is 5. The van der Waals surface area contributed by atoms with E-state index in [1.54, 1.807) is 6.20 Å². The Hall–Kier alpha value is -1.56. The first kappa shape index (κ1) is 12.5. The Labute approximate surface area is 115 Å². The predicted molar refractivity (Wildman–Crippen MR) is 73.2 cm³/mol. The molecule has 2 heterocycles. The molecule has 0 spiro atoms. The van der Waals surface area contributed by atoms with Gasteiger partial charge < -0.3 is 9.67 Å². The molecule has 1 fully saturated rings. The summed E-state index contributed by atoms with van der Waals surface area (Å²) in [6.07, 6.45) is 5.54. The molecule has 0 bridgehead atoms. The molecule has 3 rings (SSSR count). The maximum atomic E-state index is 10.7. The number of fused-ring (bicyclic) bond motifs is 1. The molecule has 0 unspecified atom stereocenters. The van der Waals surface area contributed by atoms with Crippen LogP contribution >= 0.6 is 11.8 Å². The van der Waals surface area contributed by atoms with Gasteiger partial charge in [0.15, 0.2) is 10.8 Å². The summed E-state index contributed by atoms with van der Waals surface area (Å²) in [5, 5.41) is 9.57. The van der Waals surface area contributed by atoms with Crippen molar-refractivity contribution in [1.29, 1.82) is 0 Å². The summed E-state index contributed by atoms with van der Waals surface area (Å²) < 4.78 is 2.08. The molecule has 6 heteroatoms. The van der Waals surface area contributed by atoms with E-state index in [0.717, 1.165) is 22.9 Å². The van der Waals surface area contributed by atoms with Crippen LogP contribution in [0, 0.1) is 5.92 Å². The van der Waals surface area contributed by atoms with Gasteiger partial charge in [-0.3, -0.25) is 4.79 Å². The second-order valence-corrected chi connectivity index (χ2v) is 5.77. The minimum atomic E-state index is -0.819. The zero-order chi connectivity index (χ0) is 13.2. The SMILES string of the molecule is O=C(O)CSc1nc2cccnc2n1CC1CCC1. The fraction of sp³-hybridized carbons (Fsp3) is 0.462. The smallest absolute Gasteiger partial charge is 0.313 e. The Morgan fingerprint density at radius 1 is 1.53 bits per heavy atom. The van der Waals surface area contributed by atoms with Crippen LogP contribution < -0.4 is 0 Å². The lowest BCUT2D eigenvalue weighted by Gasteiger charge is -2.26. The second-order valence-electron chi connectivity index (χ2n) is 4.83. The van der Waals surface area contributed by atoms with E-state index in [0.29, 0.717) is 5.92 Å². The van der Waals surface area contributed by atoms with Gasteiger partial charge in [-0.15, -0.1) is 0 Å². The maximum Gasteiger partial charge on any atom is 0.313 e. The van der Waals surface area contributed by atoms with Gasteiger partial charge in [-0.05, 0) is 30.9 Å². The number of imidazole rings is 1. The van der Waals surface area contributed by atoms with Crippen LogP contribution in [-0.4, -0.2) is 31.4 Å². The van der Waals surface area contributed by atoms with E-state index in [4.69, 9.17) is 5.11 Å². The molecule has 19 heavy (non-hydrogen) atoms. The number of hydrogen-bond acceptors (Lipinski definition) is 4. The first-order chi connectivity index (χ1) is 9.24. The van der Waals surface area contributed by atoms with Gasteiger partial charge in [0.1, 0.15) is 5.52 Å². The van der Waals surface area contributed by atoms with Crippen LogP contribution in [-0.2, 0) is 11.3 Å². The fourth-order valence-corrected chi connectivity index (χ4v) is 3.00. The van der Waals surface area contributed by atoms with Gasteiger partial charge in [0.2, 0.25) is 0 Å².